The number of nitrogens with one attached hydrogen (secondary N) is 1. The van der Waals surface area contributed by atoms with Crippen LogP contribution in [-0.2, 0) is 11.8 Å². The SMILES string of the molecule is Cc1cc(C)n(-c2nc(CCNC(=O)c3ccc(C(C)(C)C)cc3)cs2)n1. The maximum atomic E-state index is 12.3. The number of aryl methyl sites for hydroxylation is 2. The Morgan fingerprint density at radius 2 is 1.89 bits per heavy atom. The van der Waals surface area contributed by atoms with Crippen molar-refractivity contribution < 1.29 is 4.79 Å². The molecule has 142 valence electrons. The standard InChI is InChI=1S/C21H26N4OS/c1-14-12-15(2)25(24-14)20-23-18(13-27-20)10-11-22-19(26)16-6-8-17(9-7-16)21(3,4)5/h6-9,12-13H,10-11H2,1-5H3,(H,22,26). The van der Waals surface area contributed by atoms with Gasteiger partial charge in [0.2, 0.25) is 5.13 Å². The van der Waals surface area contributed by atoms with Gasteiger partial charge in [-0.25, -0.2) is 9.67 Å². The van der Waals surface area contributed by atoms with E-state index in [2.05, 4.69) is 36.2 Å². The Kier molecular flexibility index (Phi) is 5.46. The number of benzene rings is 1. The van der Waals surface area contributed by atoms with Crippen molar-refractivity contribution in [2.75, 3.05) is 6.54 Å². The summed E-state index contributed by atoms with van der Waals surface area (Å²) in [4.78, 5) is 17.0. The molecule has 2 heterocycles. The maximum Gasteiger partial charge on any atom is 0.251 e. The van der Waals surface area contributed by atoms with Crippen molar-refractivity contribution in [1.29, 1.82) is 0 Å². The van der Waals surface area contributed by atoms with E-state index in [0.29, 0.717) is 18.5 Å². The predicted octanol–water partition coefficient (Wildman–Crippen LogP) is 4.22. The lowest BCUT2D eigenvalue weighted by Crippen LogP contribution is -2.26. The van der Waals surface area contributed by atoms with Gasteiger partial charge in [-0.3, -0.25) is 4.79 Å². The van der Waals surface area contributed by atoms with Crippen LogP contribution in [0, 0.1) is 13.8 Å². The van der Waals surface area contributed by atoms with E-state index in [1.807, 2.05) is 54.2 Å². The number of thiazole rings is 1. The average Bonchev–Trinajstić information content (AvgIpc) is 3.20. The van der Waals surface area contributed by atoms with E-state index >= 15 is 0 Å². The second-order valence-corrected chi connectivity index (χ2v) is 8.63. The quantitative estimate of drug-likeness (QED) is 0.719. The van der Waals surface area contributed by atoms with Gasteiger partial charge in [0.25, 0.3) is 5.91 Å². The minimum atomic E-state index is -0.0514. The van der Waals surface area contributed by atoms with Gasteiger partial charge < -0.3 is 5.32 Å². The first-order valence-electron chi connectivity index (χ1n) is 9.11. The van der Waals surface area contributed by atoms with Gasteiger partial charge >= 0.3 is 0 Å². The second kappa shape index (κ2) is 7.64. The lowest BCUT2D eigenvalue weighted by atomic mass is 9.87. The molecule has 0 saturated heterocycles. The molecule has 1 N–H and O–H groups in total. The molecule has 0 unspecified atom stereocenters. The highest BCUT2D eigenvalue weighted by Crippen LogP contribution is 2.22. The first-order valence-corrected chi connectivity index (χ1v) is 9.99. The van der Waals surface area contributed by atoms with Crippen molar-refractivity contribution in [3.8, 4) is 5.13 Å². The number of rotatable bonds is 5. The molecule has 0 radical (unpaired) electrons. The summed E-state index contributed by atoms with van der Waals surface area (Å²) in [5.41, 5.74) is 5.01. The molecule has 1 aromatic carbocycles. The Labute approximate surface area is 164 Å². The van der Waals surface area contributed by atoms with E-state index < -0.39 is 0 Å². The van der Waals surface area contributed by atoms with Crippen molar-refractivity contribution in [2.24, 2.45) is 0 Å². The van der Waals surface area contributed by atoms with Gasteiger partial charge in [0.1, 0.15) is 0 Å². The molecule has 1 amide bonds. The molecule has 0 fully saturated rings. The van der Waals surface area contributed by atoms with Gasteiger partial charge in [-0.2, -0.15) is 5.10 Å². The van der Waals surface area contributed by atoms with Crippen LogP contribution in [0.2, 0.25) is 0 Å². The largest absolute Gasteiger partial charge is 0.352 e. The molecule has 0 atom stereocenters. The smallest absolute Gasteiger partial charge is 0.251 e. The summed E-state index contributed by atoms with van der Waals surface area (Å²) in [7, 11) is 0. The Bertz CT molecular complexity index is 932. The van der Waals surface area contributed by atoms with E-state index in [1.54, 1.807) is 11.3 Å². The van der Waals surface area contributed by atoms with Gasteiger partial charge in [-0.05, 0) is 43.0 Å². The molecule has 0 aliphatic heterocycles. The fourth-order valence-electron chi connectivity index (χ4n) is 2.86. The molecular weight excluding hydrogens is 356 g/mol. The van der Waals surface area contributed by atoms with E-state index in [-0.39, 0.29) is 11.3 Å². The molecule has 0 aliphatic carbocycles. The molecule has 3 rings (SSSR count). The number of amides is 1. The van der Waals surface area contributed by atoms with Crippen molar-refractivity contribution in [3.63, 3.8) is 0 Å². The van der Waals surface area contributed by atoms with Crippen LogP contribution >= 0.6 is 11.3 Å². The van der Waals surface area contributed by atoms with Gasteiger partial charge in [-0.15, -0.1) is 11.3 Å². The third kappa shape index (κ3) is 4.63. The molecule has 0 bridgehead atoms. The molecule has 6 heteroatoms. The summed E-state index contributed by atoms with van der Waals surface area (Å²) in [6.07, 6.45) is 0.696. The lowest BCUT2D eigenvalue weighted by molar-refractivity contribution is 0.0954. The fourth-order valence-corrected chi connectivity index (χ4v) is 3.73. The number of aromatic nitrogens is 3. The van der Waals surface area contributed by atoms with Crippen LogP contribution in [-0.4, -0.2) is 27.2 Å². The van der Waals surface area contributed by atoms with E-state index in [4.69, 9.17) is 0 Å². The minimum Gasteiger partial charge on any atom is -0.352 e. The van der Waals surface area contributed by atoms with Crippen LogP contribution in [0.15, 0.2) is 35.7 Å². The molecular formula is C21H26N4OS. The summed E-state index contributed by atoms with van der Waals surface area (Å²) in [5, 5.41) is 10.3. The van der Waals surface area contributed by atoms with Crippen LogP contribution in [0.5, 0.6) is 0 Å². The van der Waals surface area contributed by atoms with Crippen molar-refractivity contribution in [2.45, 2.75) is 46.5 Å². The monoisotopic (exact) mass is 382 g/mol. The molecule has 27 heavy (non-hydrogen) atoms. The third-order valence-electron chi connectivity index (χ3n) is 4.41. The van der Waals surface area contributed by atoms with Crippen LogP contribution in [0.3, 0.4) is 0 Å². The number of nitrogens with zero attached hydrogens (tertiary/aromatic N) is 3. The molecule has 3 aromatic rings. The highest BCUT2D eigenvalue weighted by molar-refractivity contribution is 7.12. The summed E-state index contributed by atoms with van der Waals surface area (Å²) < 4.78 is 1.86. The lowest BCUT2D eigenvalue weighted by Gasteiger charge is -2.19. The van der Waals surface area contributed by atoms with Gasteiger partial charge in [0.05, 0.1) is 11.4 Å². The summed E-state index contributed by atoms with van der Waals surface area (Å²) in [6, 6.07) is 9.86. The molecule has 0 saturated carbocycles. The van der Waals surface area contributed by atoms with Crippen LogP contribution in [0.1, 0.15) is 53.8 Å². The number of hydrogen-bond donors (Lipinski definition) is 1. The zero-order chi connectivity index (χ0) is 19.6. The first-order chi connectivity index (χ1) is 12.7. The van der Waals surface area contributed by atoms with Crippen molar-refractivity contribution in [3.05, 3.63) is 63.9 Å². The molecule has 0 spiro atoms. The predicted molar refractivity (Wildman–Crippen MR) is 110 cm³/mol. The van der Waals surface area contributed by atoms with Crippen molar-refractivity contribution in [1.82, 2.24) is 20.1 Å². The second-order valence-electron chi connectivity index (χ2n) is 7.79. The highest BCUT2D eigenvalue weighted by atomic mass is 32.1. The fraction of sp³-hybridized carbons (Fsp3) is 0.381. The van der Waals surface area contributed by atoms with E-state index in [0.717, 1.165) is 22.2 Å². The Balaban J connectivity index is 1.55. The molecule has 0 aliphatic rings. The first kappa shape index (κ1) is 19.3. The Hall–Kier alpha value is -2.47. The van der Waals surface area contributed by atoms with Crippen molar-refractivity contribution >= 4 is 17.2 Å². The van der Waals surface area contributed by atoms with E-state index in [9.17, 15) is 4.79 Å². The van der Waals surface area contributed by atoms with Crippen LogP contribution in [0.25, 0.3) is 5.13 Å². The van der Waals surface area contributed by atoms with Gasteiger partial charge in [0.15, 0.2) is 0 Å². The zero-order valence-electron chi connectivity index (χ0n) is 16.5. The van der Waals surface area contributed by atoms with Crippen LogP contribution in [0.4, 0.5) is 0 Å². The Morgan fingerprint density at radius 1 is 1.19 bits per heavy atom. The summed E-state index contributed by atoms with van der Waals surface area (Å²) in [5.74, 6) is -0.0514. The minimum absolute atomic E-state index is 0.0514. The number of hydrogen-bond acceptors (Lipinski definition) is 4. The topological polar surface area (TPSA) is 59.8 Å². The molecule has 5 nitrogen and oxygen atoms in total. The average molecular weight is 383 g/mol. The summed E-state index contributed by atoms with van der Waals surface area (Å²) >= 11 is 1.57. The third-order valence-corrected chi connectivity index (χ3v) is 5.28. The zero-order valence-corrected chi connectivity index (χ0v) is 17.4. The van der Waals surface area contributed by atoms with Gasteiger partial charge in [0, 0.05) is 29.6 Å². The Morgan fingerprint density at radius 3 is 2.48 bits per heavy atom. The van der Waals surface area contributed by atoms with Crippen LogP contribution < -0.4 is 5.32 Å². The highest BCUT2D eigenvalue weighted by Gasteiger charge is 2.14. The van der Waals surface area contributed by atoms with Gasteiger partial charge in [-0.1, -0.05) is 32.9 Å². The normalized spacial score (nSPS) is 11.6. The van der Waals surface area contributed by atoms with E-state index in [1.165, 1.54) is 5.56 Å². The number of carbonyl (C=O) groups excluding carboxylic acids is 1. The summed E-state index contributed by atoms with van der Waals surface area (Å²) in [6.45, 7) is 11.0. The molecule has 2 aromatic heterocycles. The maximum absolute atomic E-state index is 12.3. The number of carbonyl (C=O) groups is 1.